The summed E-state index contributed by atoms with van der Waals surface area (Å²) >= 11 is 0. The summed E-state index contributed by atoms with van der Waals surface area (Å²) in [6.07, 6.45) is 0.496. The van der Waals surface area contributed by atoms with Crippen molar-refractivity contribution in [2.75, 3.05) is 0 Å². The Hall–Kier alpha value is -3.69. The first-order valence-corrected chi connectivity index (χ1v) is 12.2. The fraction of sp³-hybridized carbons (Fsp3) is 0.219. The predicted molar refractivity (Wildman–Crippen MR) is 135 cm³/mol. The SMILES string of the molecule is CC1(C)Oc2ccccc2C(=O)C12CC1(c3ccccc3)OC2(c2ccccc2)c2ccccc21. The molecule has 0 N–H and O–H groups in total. The lowest BCUT2D eigenvalue weighted by atomic mass is 9.49. The minimum absolute atomic E-state index is 0.0838. The van der Waals surface area contributed by atoms with Crippen LogP contribution in [0.25, 0.3) is 0 Å². The van der Waals surface area contributed by atoms with Crippen LogP contribution in [0.1, 0.15) is 52.9 Å². The van der Waals surface area contributed by atoms with Crippen molar-refractivity contribution < 1.29 is 14.3 Å². The van der Waals surface area contributed by atoms with Gasteiger partial charge in [-0.3, -0.25) is 4.79 Å². The van der Waals surface area contributed by atoms with Gasteiger partial charge in [-0.1, -0.05) is 97.1 Å². The van der Waals surface area contributed by atoms with E-state index in [4.69, 9.17) is 9.47 Å². The van der Waals surface area contributed by atoms with Gasteiger partial charge >= 0.3 is 0 Å². The van der Waals surface area contributed by atoms with Crippen molar-refractivity contribution in [2.24, 2.45) is 5.41 Å². The maximum atomic E-state index is 14.8. The molecule has 1 saturated heterocycles. The molecule has 3 heterocycles. The van der Waals surface area contributed by atoms with Gasteiger partial charge in [0.1, 0.15) is 28.0 Å². The van der Waals surface area contributed by atoms with Crippen LogP contribution in [0.5, 0.6) is 5.75 Å². The zero-order valence-electron chi connectivity index (χ0n) is 19.8. The van der Waals surface area contributed by atoms with Crippen LogP contribution in [-0.2, 0) is 15.9 Å². The summed E-state index contributed by atoms with van der Waals surface area (Å²) in [6, 6.07) is 36.6. The Morgan fingerprint density at radius 2 is 1.23 bits per heavy atom. The van der Waals surface area contributed by atoms with Gasteiger partial charge in [0, 0.05) is 6.42 Å². The fourth-order valence-electron chi connectivity index (χ4n) is 7.10. The van der Waals surface area contributed by atoms with Gasteiger partial charge in [0.05, 0.1) is 5.56 Å². The first-order chi connectivity index (χ1) is 17.0. The van der Waals surface area contributed by atoms with E-state index < -0.39 is 22.2 Å². The second-order valence-corrected chi connectivity index (χ2v) is 10.4. The second kappa shape index (κ2) is 6.71. The number of rotatable bonds is 2. The number of hydrogen-bond donors (Lipinski definition) is 0. The average molecular weight is 459 g/mol. The number of para-hydroxylation sites is 1. The summed E-state index contributed by atoms with van der Waals surface area (Å²) < 4.78 is 14.1. The van der Waals surface area contributed by atoms with E-state index in [-0.39, 0.29) is 5.78 Å². The van der Waals surface area contributed by atoms with E-state index in [1.54, 1.807) is 0 Å². The van der Waals surface area contributed by atoms with Crippen molar-refractivity contribution in [1.82, 2.24) is 0 Å². The van der Waals surface area contributed by atoms with Crippen molar-refractivity contribution in [3.05, 3.63) is 137 Å². The molecule has 2 bridgehead atoms. The van der Waals surface area contributed by atoms with Crippen LogP contribution in [0.2, 0.25) is 0 Å². The van der Waals surface area contributed by atoms with E-state index in [1.807, 2.05) is 60.7 Å². The van der Waals surface area contributed by atoms with Gasteiger partial charge in [-0.25, -0.2) is 0 Å². The molecule has 3 atom stereocenters. The van der Waals surface area contributed by atoms with Gasteiger partial charge in [0.15, 0.2) is 5.78 Å². The molecule has 3 aliphatic heterocycles. The van der Waals surface area contributed by atoms with Gasteiger partial charge in [-0.2, -0.15) is 0 Å². The van der Waals surface area contributed by atoms with Crippen molar-refractivity contribution in [3.8, 4) is 5.75 Å². The van der Waals surface area contributed by atoms with Crippen LogP contribution in [0.4, 0.5) is 0 Å². The van der Waals surface area contributed by atoms with Gasteiger partial charge in [-0.15, -0.1) is 0 Å². The van der Waals surface area contributed by atoms with Gasteiger partial charge in [0.2, 0.25) is 0 Å². The lowest BCUT2D eigenvalue weighted by Gasteiger charge is -2.55. The third kappa shape index (κ3) is 2.28. The number of benzene rings is 4. The van der Waals surface area contributed by atoms with Crippen molar-refractivity contribution in [3.63, 3.8) is 0 Å². The average Bonchev–Trinajstić information content (AvgIpc) is 3.40. The highest BCUT2D eigenvalue weighted by Crippen LogP contribution is 2.75. The first-order valence-electron chi connectivity index (χ1n) is 12.2. The molecule has 3 heteroatoms. The molecule has 0 saturated carbocycles. The predicted octanol–water partition coefficient (Wildman–Crippen LogP) is 6.65. The zero-order valence-corrected chi connectivity index (χ0v) is 19.8. The smallest absolute Gasteiger partial charge is 0.180 e. The number of ether oxygens (including phenoxy) is 2. The van der Waals surface area contributed by atoms with E-state index in [9.17, 15) is 4.79 Å². The quantitative estimate of drug-likeness (QED) is 0.337. The third-order valence-corrected chi connectivity index (χ3v) is 8.52. The highest BCUT2D eigenvalue weighted by molar-refractivity contribution is 6.07. The topological polar surface area (TPSA) is 35.5 Å². The summed E-state index contributed by atoms with van der Waals surface area (Å²) in [5, 5.41) is 0. The summed E-state index contributed by atoms with van der Waals surface area (Å²) in [5.74, 6) is 0.724. The number of carbonyl (C=O) groups excluding carboxylic acids is 1. The number of fused-ring (bicyclic) bond motifs is 7. The Labute approximate surface area is 205 Å². The van der Waals surface area contributed by atoms with E-state index in [0.717, 1.165) is 22.3 Å². The Kier molecular flexibility index (Phi) is 3.96. The summed E-state index contributed by atoms with van der Waals surface area (Å²) in [7, 11) is 0. The summed E-state index contributed by atoms with van der Waals surface area (Å²) in [6.45, 7) is 4.10. The molecule has 3 aliphatic rings. The van der Waals surface area contributed by atoms with Crippen LogP contribution in [0, 0.1) is 5.41 Å². The minimum Gasteiger partial charge on any atom is -0.486 e. The van der Waals surface area contributed by atoms with E-state index in [1.165, 1.54) is 0 Å². The molecular formula is C32H26O3. The fourth-order valence-corrected chi connectivity index (χ4v) is 7.10. The number of Topliss-reactive ketones (excluding diaryl/α,β-unsaturated/α-hetero) is 1. The van der Waals surface area contributed by atoms with Crippen LogP contribution in [0.15, 0.2) is 109 Å². The summed E-state index contributed by atoms with van der Waals surface area (Å²) in [5.41, 5.74) is 1.24. The van der Waals surface area contributed by atoms with Gasteiger partial charge in [-0.05, 0) is 48.2 Å². The molecule has 172 valence electrons. The van der Waals surface area contributed by atoms with Crippen LogP contribution in [-0.4, -0.2) is 11.4 Å². The molecule has 0 amide bonds. The molecule has 1 fully saturated rings. The molecule has 35 heavy (non-hydrogen) atoms. The van der Waals surface area contributed by atoms with Crippen molar-refractivity contribution in [2.45, 2.75) is 37.1 Å². The van der Waals surface area contributed by atoms with Crippen LogP contribution in [0.3, 0.4) is 0 Å². The molecule has 3 nitrogen and oxygen atoms in total. The molecule has 0 aliphatic carbocycles. The van der Waals surface area contributed by atoms with Crippen molar-refractivity contribution in [1.29, 1.82) is 0 Å². The zero-order chi connectivity index (χ0) is 23.9. The largest absolute Gasteiger partial charge is 0.486 e. The lowest BCUT2D eigenvalue weighted by Crippen LogP contribution is -2.65. The van der Waals surface area contributed by atoms with E-state index in [0.29, 0.717) is 17.7 Å². The number of ketones is 1. The number of hydrogen-bond acceptors (Lipinski definition) is 3. The summed E-state index contributed by atoms with van der Waals surface area (Å²) in [4.78, 5) is 14.8. The molecule has 7 rings (SSSR count). The molecule has 3 unspecified atom stereocenters. The monoisotopic (exact) mass is 458 g/mol. The second-order valence-electron chi connectivity index (χ2n) is 10.4. The lowest BCUT2D eigenvalue weighted by molar-refractivity contribution is -0.117. The molecule has 0 radical (unpaired) electrons. The van der Waals surface area contributed by atoms with Gasteiger partial charge in [0.25, 0.3) is 0 Å². The van der Waals surface area contributed by atoms with Crippen molar-refractivity contribution >= 4 is 5.78 Å². The maximum absolute atomic E-state index is 14.8. The maximum Gasteiger partial charge on any atom is 0.180 e. The van der Waals surface area contributed by atoms with Crippen LogP contribution < -0.4 is 4.74 Å². The molecule has 1 spiro atoms. The Morgan fingerprint density at radius 1 is 0.657 bits per heavy atom. The Morgan fingerprint density at radius 3 is 1.94 bits per heavy atom. The molecular weight excluding hydrogens is 432 g/mol. The molecule has 0 aromatic heterocycles. The Bertz CT molecular complexity index is 1480. The van der Waals surface area contributed by atoms with Crippen LogP contribution >= 0.6 is 0 Å². The number of carbonyl (C=O) groups is 1. The normalized spacial score (nSPS) is 29.5. The highest BCUT2D eigenvalue weighted by Gasteiger charge is 2.81. The standard InChI is InChI=1S/C32H26O3/c1-29(2)31(28(33)24-17-9-12-20-27(24)34-29)21-30(22-13-5-3-6-14-22)25-18-10-11-19-26(25)32(31,35-30)23-15-7-4-8-16-23/h3-20H,21H2,1-2H3. The third-order valence-electron chi connectivity index (χ3n) is 8.52. The van der Waals surface area contributed by atoms with Gasteiger partial charge < -0.3 is 9.47 Å². The first kappa shape index (κ1) is 20.7. The van der Waals surface area contributed by atoms with E-state index >= 15 is 0 Å². The minimum atomic E-state index is -1.01. The highest BCUT2D eigenvalue weighted by atomic mass is 16.6. The molecule has 4 aromatic carbocycles. The van der Waals surface area contributed by atoms with E-state index in [2.05, 4.69) is 62.4 Å². The Balaban J connectivity index is 1.63. The molecule has 4 aromatic rings.